The Bertz CT molecular complexity index is 455. The first kappa shape index (κ1) is 14.6. The quantitative estimate of drug-likeness (QED) is 0.493. The first-order chi connectivity index (χ1) is 8.63. The lowest BCUT2D eigenvalue weighted by molar-refractivity contribution is 0.0641. The van der Waals surface area contributed by atoms with Gasteiger partial charge in [-0.15, -0.1) is 0 Å². The third-order valence-corrected chi connectivity index (χ3v) is 5.15. The summed E-state index contributed by atoms with van der Waals surface area (Å²) in [5, 5.41) is 1.46. The number of likely N-dealkylation sites (tertiary alicyclic amines) is 1. The number of benzene rings is 1. The Morgan fingerprint density at radius 1 is 1.50 bits per heavy atom. The van der Waals surface area contributed by atoms with Gasteiger partial charge >= 0.3 is 0 Å². The van der Waals surface area contributed by atoms with Gasteiger partial charge in [0.15, 0.2) is 0 Å². The highest BCUT2D eigenvalue weighted by Gasteiger charge is 2.27. The highest BCUT2D eigenvalue weighted by atomic mass is 127. The van der Waals surface area contributed by atoms with Crippen molar-refractivity contribution in [3.8, 4) is 0 Å². The van der Waals surface area contributed by atoms with Gasteiger partial charge in [0.25, 0.3) is 5.91 Å². The molecule has 0 aliphatic carbocycles. The van der Waals surface area contributed by atoms with Gasteiger partial charge in [0.1, 0.15) is 0 Å². The zero-order valence-electron chi connectivity index (χ0n) is 9.83. The molecule has 0 N–H and O–H groups in total. The fourth-order valence-corrected chi connectivity index (χ4v) is 3.66. The van der Waals surface area contributed by atoms with Crippen LogP contribution in [-0.4, -0.2) is 28.7 Å². The van der Waals surface area contributed by atoms with E-state index in [2.05, 4.69) is 38.5 Å². The number of hydrogen-bond donors (Lipinski definition) is 0. The number of halogens is 3. The molecule has 0 bridgehead atoms. The minimum absolute atomic E-state index is 0.103. The maximum atomic E-state index is 12.6. The first-order valence-electron chi connectivity index (χ1n) is 5.95. The van der Waals surface area contributed by atoms with Crippen molar-refractivity contribution >= 4 is 56.0 Å². The van der Waals surface area contributed by atoms with E-state index in [0.29, 0.717) is 11.1 Å². The molecule has 1 aliphatic rings. The normalized spacial score (nSPS) is 19.9. The van der Waals surface area contributed by atoms with Gasteiger partial charge in [-0.1, -0.05) is 27.5 Å². The van der Waals surface area contributed by atoms with Crippen LogP contribution in [0.3, 0.4) is 0 Å². The van der Waals surface area contributed by atoms with Crippen LogP contribution in [0.25, 0.3) is 0 Å². The predicted octanol–water partition coefficient (Wildman–Crippen LogP) is 4.33. The molecule has 1 heterocycles. The van der Waals surface area contributed by atoms with E-state index in [1.54, 1.807) is 6.07 Å². The molecule has 1 unspecified atom stereocenters. The molecular weight excluding hydrogens is 428 g/mol. The van der Waals surface area contributed by atoms with Crippen molar-refractivity contribution in [3.05, 3.63) is 32.4 Å². The zero-order valence-corrected chi connectivity index (χ0v) is 14.3. The fraction of sp³-hybridized carbons (Fsp3) is 0.462. The van der Waals surface area contributed by atoms with Crippen LogP contribution in [0.1, 0.15) is 29.6 Å². The topological polar surface area (TPSA) is 20.3 Å². The Morgan fingerprint density at radius 2 is 2.28 bits per heavy atom. The summed E-state index contributed by atoms with van der Waals surface area (Å²) in [6.45, 7) is 0.845. The van der Waals surface area contributed by atoms with E-state index in [1.807, 2.05) is 17.0 Å². The van der Waals surface area contributed by atoms with E-state index in [-0.39, 0.29) is 5.91 Å². The van der Waals surface area contributed by atoms with Crippen molar-refractivity contribution in [2.45, 2.75) is 25.3 Å². The average molecular weight is 443 g/mol. The summed E-state index contributed by atoms with van der Waals surface area (Å²) in [6.07, 6.45) is 3.37. The summed E-state index contributed by atoms with van der Waals surface area (Å²) in [5.41, 5.74) is 0.718. The average Bonchev–Trinajstić information content (AvgIpc) is 2.40. The third-order valence-electron chi connectivity index (χ3n) is 3.22. The van der Waals surface area contributed by atoms with Gasteiger partial charge in [0.2, 0.25) is 0 Å². The summed E-state index contributed by atoms with van der Waals surface area (Å²) in [6, 6.07) is 5.79. The Balaban J connectivity index is 2.26. The molecule has 0 aromatic heterocycles. The summed E-state index contributed by atoms with van der Waals surface area (Å²) in [4.78, 5) is 14.6. The van der Waals surface area contributed by atoms with E-state index in [0.717, 1.165) is 33.9 Å². The van der Waals surface area contributed by atoms with Gasteiger partial charge in [-0.3, -0.25) is 4.79 Å². The Labute approximate surface area is 134 Å². The van der Waals surface area contributed by atoms with Crippen LogP contribution in [-0.2, 0) is 0 Å². The molecule has 0 spiro atoms. The van der Waals surface area contributed by atoms with Crippen molar-refractivity contribution in [3.63, 3.8) is 0 Å². The molecule has 18 heavy (non-hydrogen) atoms. The van der Waals surface area contributed by atoms with Gasteiger partial charge in [-0.25, -0.2) is 0 Å². The number of alkyl halides is 1. The molecule has 98 valence electrons. The molecule has 0 radical (unpaired) electrons. The highest BCUT2D eigenvalue weighted by Crippen LogP contribution is 2.24. The number of piperidine rings is 1. The largest absolute Gasteiger partial charge is 0.335 e. The van der Waals surface area contributed by atoms with Gasteiger partial charge in [0.05, 0.1) is 5.56 Å². The number of nitrogens with zero attached hydrogens (tertiary/aromatic N) is 1. The van der Waals surface area contributed by atoms with Crippen LogP contribution >= 0.6 is 50.1 Å². The number of rotatable bonds is 2. The second-order valence-corrected chi connectivity index (χ2v) is 6.67. The third kappa shape index (κ3) is 3.20. The van der Waals surface area contributed by atoms with Crippen LogP contribution in [0, 0.1) is 3.57 Å². The van der Waals surface area contributed by atoms with Crippen LogP contribution in [0.5, 0.6) is 0 Å². The van der Waals surface area contributed by atoms with E-state index in [4.69, 9.17) is 11.6 Å². The maximum absolute atomic E-state index is 12.6. The van der Waals surface area contributed by atoms with E-state index < -0.39 is 0 Å². The Hall–Kier alpha value is 0.190. The standard InChI is InChI=1S/C13H14BrClINO/c14-8-10-3-1-2-6-17(10)13(18)11-7-9(15)4-5-12(11)16/h4-5,7,10H,1-3,6,8H2. The van der Waals surface area contributed by atoms with Crippen LogP contribution in [0.15, 0.2) is 18.2 Å². The molecule has 1 fully saturated rings. The molecular formula is C13H14BrClINO. The van der Waals surface area contributed by atoms with Gasteiger partial charge in [-0.2, -0.15) is 0 Å². The van der Waals surface area contributed by atoms with Crippen molar-refractivity contribution in [2.24, 2.45) is 0 Å². The maximum Gasteiger partial charge on any atom is 0.255 e. The zero-order chi connectivity index (χ0) is 13.1. The van der Waals surface area contributed by atoms with Crippen LogP contribution in [0.4, 0.5) is 0 Å². The summed E-state index contributed by atoms with van der Waals surface area (Å²) < 4.78 is 0.959. The molecule has 2 rings (SSSR count). The molecule has 5 heteroatoms. The van der Waals surface area contributed by atoms with E-state index in [1.165, 1.54) is 6.42 Å². The minimum Gasteiger partial charge on any atom is -0.335 e. The van der Waals surface area contributed by atoms with Crippen molar-refractivity contribution in [1.29, 1.82) is 0 Å². The summed E-state index contributed by atoms with van der Waals surface area (Å²) >= 11 is 11.7. The predicted molar refractivity (Wildman–Crippen MR) is 86.6 cm³/mol. The van der Waals surface area contributed by atoms with Crippen molar-refractivity contribution in [2.75, 3.05) is 11.9 Å². The van der Waals surface area contributed by atoms with Crippen molar-refractivity contribution < 1.29 is 4.79 Å². The van der Waals surface area contributed by atoms with Crippen LogP contribution < -0.4 is 0 Å². The Morgan fingerprint density at radius 3 is 3.00 bits per heavy atom. The molecule has 1 aromatic carbocycles. The first-order valence-corrected chi connectivity index (χ1v) is 8.53. The molecule has 0 saturated carbocycles. The number of hydrogen-bond acceptors (Lipinski definition) is 1. The fourth-order valence-electron chi connectivity index (χ4n) is 2.24. The van der Waals surface area contributed by atoms with Gasteiger partial charge in [0, 0.05) is 26.5 Å². The highest BCUT2D eigenvalue weighted by molar-refractivity contribution is 14.1. The summed E-state index contributed by atoms with van der Waals surface area (Å²) in [7, 11) is 0. The Kier molecular flexibility index (Phi) is 5.33. The van der Waals surface area contributed by atoms with Gasteiger partial charge in [-0.05, 0) is 60.1 Å². The molecule has 2 nitrogen and oxygen atoms in total. The second kappa shape index (κ2) is 6.57. The summed E-state index contributed by atoms with van der Waals surface area (Å²) in [5.74, 6) is 0.103. The lowest BCUT2D eigenvalue weighted by Gasteiger charge is -2.35. The van der Waals surface area contributed by atoms with E-state index in [9.17, 15) is 4.79 Å². The lowest BCUT2D eigenvalue weighted by atomic mass is 10.0. The van der Waals surface area contributed by atoms with Crippen molar-refractivity contribution in [1.82, 2.24) is 4.90 Å². The SMILES string of the molecule is O=C(c1cc(Cl)ccc1I)N1CCCCC1CBr. The smallest absolute Gasteiger partial charge is 0.255 e. The van der Waals surface area contributed by atoms with Gasteiger partial charge < -0.3 is 4.90 Å². The molecule has 1 amide bonds. The lowest BCUT2D eigenvalue weighted by Crippen LogP contribution is -2.44. The number of carbonyl (C=O) groups is 1. The van der Waals surface area contributed by atoms with E-state index >= 15 is 0 Å². The number of amides is 1. The monoisotopic (exact) mass is 441 g/mol. The molecule has 1 saturated heterocycles. The minimum atomic E-state index is 0.103. The molecule has 1 aliphatic heterocycles. The second-order valence-electron chi connectivity index (χ2n) is 4.43. The number of carbonyl (C=O) groups excluding carboxylic acids is 1. The molecule has 1 aromatic rings. The molecule has 1 atom stereocenters. The van der Waals surface area contributed by atoms with Crippen LogP contribution in [0.2, 0.25) is 5.02 Å².